The fraction of sp³-hybridized carbons (Fsp3) is 0.571. The molecular formula is C14H23NO. The van der Waals surface area contributed by atoms with Crippen molar-refractivity contribution in [2.24, 2.45) is 0 Å². The molecule has 0 amide bonds. The van der Waals surface area contributed by atoms with Crippen LogP contribution < -0.4 is 5.32 Å². The highest BCUT2D eigenvalue weighted by Gasteiger charge is 2.07. The van der Waals surface area contributed by atoms with E-state index in [4.69, 9.17) is 5.11 Å². The average molecular weight is 221 g/mol. The number of hydrogen-bond donors (Lipinski definition) is 2. The van der Waals surface area contributed by atoms with Gasteiger partial charge < -0.3 is 10.4 Å². The third-order valence-corrected chi connectivity index (χ3v) is 2.81. The maximum atomic E-state index is 8.73. The Morgan fingerprint density at radius 2 is 2.00 bits per heavy atom. The van der Waals surface area contributed by atoms with E-state index in [-0.39, 0.29) is 6.61 Å². The van der Waals surface area contributed by atoms with Crippen molar-refractivity contribution < 1.29 is 5.11 Å². The smallest absolute Gasteiger partial charge is 0.0431 e. The van der Waals surface area contributed by atoms with Gasteiger partial charge in [-0.05, 0) is 36.8 Å². The molecule has 0 aliphatic rings. The minimum Gasteiger partial charge on any atom is -0.396 e. The molecule has 1 aromatic rings. The Morgan fingerprint density at radius 1 is 1.25 bits per heavy atom. The Kier molecular flexibility index (Phi) is 5.33. The predicted octanol–water partition coefficient (Wildman–Crippen LogP) is 3.30. The number of aliphatic hydroxyl groups excluding tert-OH is 1. The van der Waals surface area contributed by atoms with E-state index in [1.165, 1.54) is 16.8 Å². The van der Waals surface area contributed by atoms with Gasteiger partial charge in [-0.3, -0.25) is 0 Å². The van der Waals surface area contributed by atoms with Crippen molar-refractivity contribution in [3.63, 3.8) is 0 Å². The van der Waals surface area contributed by atoms with Crippen molar-refractivity contribution >= 4 is 5.69 Å². The van der Waals surface area contributed by atoms with Gasteiger partial charge in [-0.1, -0.05) is 32.0 Å². The summed E-state index contributed by atoms with van der Waals surface area (Å²) in [5.41, 5.74) is 3.95. The van der Waals surface area contributed by atoms with Gasteiger partial charge in [-0.25, -0.2) is 0 Å². The molecule has 16 heavy (non-hydrogen) atoms. The molecule has 0 aliphatic carbocycles. The molecule has 0 bridgehead atoms. The van der Waals surface area contributed by atoms with E-state index in [9.17, 15) is 0 Å². The number of anilines is 1. The summed E-state index contributed by atoms with van der Waals surface area (Å²) in [4.78, 5) is 0. The van der Waals surface area contributed by atoms with Crippen LogP contribution in [0.4, 0.5) is 5.69 Å². The lowest BCUT2D eigenvalue weighted by atomic mass is 9.98. The quantitative estimate of drug-likeness (QED) is 0.722. The van der Waals surface area contributed by atoms with Crippen molar-refractivity contribution in [3.05, 3.63) is 29.3 Å². The highest BCUT2D eigenvalue weighted by molar-refractivity contribution is 5.58. The molecule has 2 N–H and O–H groups in total. The van der Waals surface area contributed by atoms with Crippen LogP contribution in [-0.4, -0.2) is 18.3 Å². The van der Waals surface area contributed by atoms with Crippen LogP contribution in [0, 0.1) is 6.92 Å². The van der Waals surface area contributed by atoms with Crippen molar-refractivity contribution in [1.29, 1.82) is 0 Å². The van der Waals surface area contributed by atoms with Crippen LogP contribution in [0.1, 0.15) is 43.7 Å². The number of hydrogen-bond acceptors (Lipinski definition) is 2. The first-order valence-electron chi connectivity index (χ1n) is 6.11. The van der Waals surface area contributed by atoms with Crippen LogP contribution in [0.2, 0.25) is 0 Å². The Balaban J connectivity index is 2.69. The van der Waals surface area contributed by atoms with Crippen LogP contribution in [0.3, 0.4) is 0 Å². The summed E-state index contributed by atoms with van der Waals surface area (Å²) in [5.74, 6) is 0.542. The first-order chi connectivity index (χ1) is 7.66. The van der Waals surface area contributed by atoms with E-state index < -0.39 is 0 Å². The number of rotatable bonds is 6. The number of nitrogens with one attached hydrogen (secondary N) is 1. The Bertz CT molecular complexity index is 321. The average Bonchev–Trinajstić information content (AvgIpc) is 2.25. The van der Waals surface area contributed by atoms with Crippen molar-refractivity contribution in [1.82, 2.24) is 0 Å². The normalized spacial score (nSPS) is 10.8. The number of para-hydroxylation sites is 1. The molecule has 90 valence electrons. The van der Waals surface area contributed by atoms with Crippen LogP contribution in [0.5, 0.6) is 0 Å². The summed E-state index contributed by atoms with van der Waals surface area (Å²) in [6.07, 6.45) is 1.89. The number of aliphatic hydroxyl groups is 1. The van der Waals surface area contributed by atoms with Gasteiger partial charge in [-0.2, -0.15) is 0 Å². The van der Waals surface area contributed by atoms with Gasteiger partial charge in [0.2, 0.25) is 0 Å². The number of unbranched alkanes of at least 4 members (excludes halogenated alkanes) is 1. The zero-order valence-electron chi connectivity index (χ0n) is 10.6. The molecule has 0 saturated heterocycles. The number of aryl methyl sites for hydroxylation is 1. The second-order valence-electron chi connectivity index (χ2n) is 4.55. The fourth-order valence-corrected chi connectivity index (χ4v) is 1.86. The topological polar surface area (TPSA) is 32.3 Å². The number of benzene rings is 1. The molecule has 1 aromatic carbocycles. The molecule has 0 heterocycles. The molecule has 2 heteroatoms. The molecule has 0 radical (unpaired) electrons. The Morgan fingerprint density at radius 3 is 2.62 bits per heavy atom. The molecule has 0 fully saturated rings. The molecule has 0 saturated carbocycles. The molecule has 1 rings (SSSR count). The summed E-state index contributed by atoms with van der Waals surface area (Å²) in [6.45, 7) is 7.79. The van der Waals surface area contributed by atoms with Gasteiger partial charge in [0.15, 0.2) is 0 Å². The first-order valence-corrected chi connectivity index (χ1v) is 6.11. The van der Waals surface area contributed by atoms with E-state index in [0.717, 1.165) is 19.4 Å². The maximum absolute atomic E-state index is 8.73. The third kappa shape index (κ3) is 3.53. The van der Waals surface area contributed by atoms with Gasteiger partial charge in [-0.15, -0.1) is 0 Å². The van der Waals surface area contributed by atoms with Crippen LogP contribution in [-0.2, 0) is 0 Å². The zero-order chi connectivity index (χ0) is 12.0. The van der Waals surface area contributed by atoms with Gasteiger partial charge in [0.25, 0.3) is 0 Å². The minimum absolute atomic E-state index is 0.284. The highest BCUT2D eigenvalue weighted by atomic mass is 16.2. The Labute approximate surface area is 98.7 Å². The van der Waals surface area contributed by atoms with Gasteiger partial charge in [0, 0.05) is 18.8 Å². The van der Waals surface area contributed by atoms with Gasteiger partial charge in [0.1, 0.15) is 0 Å². The van der Waals surface area contributed by atoms with Crippen molar-refractivity contribution in [3.8, 4) is 0 Å². The molecule has 0 aliphatic heterocycles. The van der Waals surface area contributed by atoms with E-state index in [1.54, 1.807) is 0 Å². The van der Waals surface area contributed by atoms with Crippen LogP contribution >= 0.6 is 0 Å². The second kappa shape index (κ2) is 6.54. The van der Waals surface area contributed by atoms with E-state index in [0.29, 0.717) is 5.92 Å². The summed E-state index contributed by atoms with van der Waals surface area (Å²) < 4.78 is 0. The van der Waals surface area contributed by atoms with Crippen LogP contribution in [0.15, 0.2) is 18.2 Å². The standard InChI is InChI=1S/C14H23NO/c1-11(2)13-8-6-7-12(3)14(13)15-9-4-5-10-16/h6-8,11,15-16H,4-5,9-10H2,1-3H3. The third-order valence-electron chi connectivity index (χ3n) is 2.81. The molecule has 0 atom stereocenters. The molecular weight excluding hydrogens is 198 g/mol. The SMILES string of the molecule is Cc1cccc(C(C)C)c1NCCCCO. The Hall–Kier alpha value is -1.02. The van der Waals surface area contributed by atoms with E-state index >= 15 is 0 Å². The van der Waals surface area contributed by atoms with E-state index in [1.807, 2.05) is 0 Å². The zero-order valence-corrected chi connectivity index (χ0v) is 10.6. The largest absolute Gasteiger partial charge is 0.396 e. The fourth-order valence-electron chi connectivity index (χ4n) is 1.86. The maximum Gasteiger partial charge on any atom is 0.0431 e. The first kappa shape index (κ1) is 13.0. The molecule has 0 unspecified atom stereocenters. The lowest BCUT2D eigenvalue weighted by Crippen LogP contribution is -2.07. The van der Waals surface area contributed by atoms with Gasteiger partial charge in [0.05, 0.1) is 0 Å². The second-order valence-corrected chi connectivity index (χ2v) is 4.55. The van der Waals surface area contributed by atoms with Crippen molar-refractivity contribution in [2.75, 3.05) is 18.5 Å². The van der Waals surface area contributed by atoms with Crippen LogP contribution in [0.25, 0.3) is 0 Å². The summed E-state index contributed by atoms with van der Waals surface area (Å²) in [5, 5.41) is 12.2. The molecule has 0 spiro atoms. The molecule has 0 aromatic heterocycles. The minimum atomic E-state index is 0.284. The van der Waals surface area contributed by atoms with Gasteiger partial charge >= 0.3 is 0 Å². The van der Waals surface area contributed by atoms with E-state index in [2.05, 4.69) is 44.3 Å². The summed E-state index contributed by atoms with van der Waals surface area (Å²) in [7, 11) is 0. The lowest BCUT2D eigenvalue weighted by Gasteiger charge is -2.17. The summed E-state index contributed by atoms with van der Waals surface area (Å²) >= 11 is 0. The monoisotopic (exact) mass is 221 g/mol. The lowest BCUT2D eigenvalue weighted by molar-refractivity contribution is 0.286. The van der Waals surface area contributed by atoms with Crippen molar-refractivity contribution in [2.45, 2.75) is 39.5 Å². The molecule has 2 nitrogen and oxygen atoms in total. The predicted molar refractivity (Wildman–Crippen MR) is 70.1 cm³/mol. The summed E-state index contributed by atoms with van der Waals surface area (Å²) in [6, 6.07) is 6.44. The highest BCUT2D eigenvalue weighted by Crippen LogP contribution is 2.27.